The van der Waals surface area contributed by atoms with Crippen LogP contribution in [0.4, 0.5) is 47.8 Å². The first-order chi connectivity index (χ1) is 44.6. The van der Waals surface area contributed by atoms with E-state index in [1.54, 1.807) is 24.3 Å². The van der Waals surface area contributed by atoms with Crippen LogP contribution in [0.5, 0.6) is 23.0 Å². The van der Waals surface area contributed by atoms with Crippen LogP contribution < -0.4 is 18.9 Å². The first kappa shape index (κ1) is 70.2. The second-order valence-corrected chi connectivity index (χ2v) is 29.4. The molecule has 2 aromatic heterocycles. The van der Waals surface area contributed by atoms with Crippen molar-refractivity contribution in [3.05, 3.63) is 180 Å². The van der Waals surface area contributed by atoms with Gasteiger partial charge in [-0.1, -0.05) is 35.9 Å². The van der Waals surface area contributed by atoms with E-state index in [2.05, 4.69) is 23.9 Å². The van der Waals surface area contributed by atoms with Gasteiger partial charge in [-0.05, 0) is 131 Å². The molecule has 0 spiro atoms. The molecule has 9 N–H and O–H groups in total. The van der Waals surface area contributed by atoms with Crippen molar-refractivity contribution in [3.8, 4) is 23.0 Å². The summed E-state index contributed by atoms with van der Waals surface area (Å²) in [5, 5.41) is 60.7. The fraction of sp³-hybridized carbons (Fsp3) is 0.0667. The van der Waals surface area contributed by atoms with Gasteiger partial charge in [-0.2, -0.15) is 0 Å². The van der Waals surface area contributed by atoms with E-state index >= 15 is 0 Å². The summed E-state index contributed by atoms with van der Waals surface area (Å²) in [6.07, 6.45) is -4.13. The van der Waals surface area contributed by atoms with Crippen LogP contribution in [0.3, 0.4) is 0 Å². The number of fused-ring (bicyclic) bond motifs is 5. The minimum atomic E-state index is -5.02. The molecular formula is C60H40ClF7N4O16S7. The fourth-order valence-corrected chi connectivity index (χ4v) is 15.9. The summed E-state index contributed by atoms with van der Waals surface area (Å²) in [6.45, 7) is 0. The molecule has 0 saturated carbocycles. The average Bonchev–Trinajstić information content (AvgIpc) is 1.25. The van der Waals surface area contributed by atoms with Crippen molar-refractivity contribution in [3.63, 3.8) is 0 Å². The van der Waals surface area contributed by atoms with E-state index in [1.165, 1.54) is 60.7 Å². The maximum atomic E-state index is 13.9. The van der Waals surface area contributed by atoms with Gasteiger partial charge in [0.1, 0.15) is 50.5 Å². The van der Waals surface area contributed by atoms with E-state index in [0.29, 0.717) is 38.3 Å². The average molecular weight is 1470 g/mol. The number of ether oxygens (including phenoxy) is 1. The van der Waals surface area contributed by atoms with E-state index in [9.17, 15) is 85.7 Å². The molecule has 0 atom stereocenters. The molecule has 9 aromatic carbocycles. The number of phenols is 3. The van der Waals surface area contributed by atoms with Crippen molar-refractivity contribution in [2.75, 3.05) is 31.4 Å². The van der Waals surface area contributed by atoms with Gasteiger partial charge >= 0.3 is 24.3 Å². The number of halogens is 8. The Bertz CT molecular complexity index is 5270. The molecule has 11 rings (SSSR count). The predicted octanol–water partition coefficient (Wildman–Crippen LogP) is 14.4. The van der Waals surface area contributed by atoms with Crippen LogP contribution in [0.25, 0.3) is 53.3 Å². The summed E-state index contributed by atoms with van der Waals surface area (Å²) in [5.41, 5.74) is -0.182. The smallest absolute Gasteiger partial charge is 0.506 e. The van der Waals surface area contributed by atoms with Gasteiger partial charge < -0.3 is 35.4 Å². The molecule has 0 radical (unpaired) electrons. The summed E-state index contributed by atoms with van der Waals surface area (Å²) in [5.74, 6) is -9.18. The molecule has 0 unspecified atom stereocenters. The third kappa shape index (κ3) is 17.2. The van der Waals surface area contributed by atoms with E-state index in [-0.39, 0.29) is 96.3 Å². The number of aromatic nitrogens is 1. The standard InChI is InChI=1S/C21H14ClFN2O5S2.C20H13F2NO5S3.C19H13F4NO6S2/c22-13-3-1-12-6-15(4-2-11(12)5-13)32(29,30)25-17-8-18(31-10-19(26)27)21(28)16-7-14(23)9-24-20(16)17;21-11-3-4-13-14(6-11)15(8-17(20(13)26)29-9-18(24)25)23-31(27,28)19-5-10-1-2-12(22)7-16(10)30-19;20-10-4-5-13-14(6-10)18(27)16(31-9-17(25)26)8-15(13)24-32(28,29)12-3-1-2-11(7-12)30-19(21,22)23/h1-9,25,28H,10H2,(H,26,27);1-8,23,26H,9H2,(H,24,25);1-8,24,27H,9H2,(H,25,26). The first-order valence-corrected chi connectivity index (χ1v) is 34.8. The summed E-state index contributed by atoms with van der Waals surface area (Å²) in [6, 6.07) is 29.8. The van der Waals surface area contributed by atoms with Gasteiger partial charge in [0.05, 0.1) is 70.5 Å². The Balaban J connectivity index is 0.000000168. The Labute approximate surface area is 553 Å². The minimum Gasteiger partial charge on any atom is -0.506 e. The molecule has 0 saturated heterocycles. The number of anilines is 3. The number of rotatable bonds is 19. The van der Waals surface area contributed by atoms with Gasteiger partial charge in [0.2, 0.25) is 0 Å². The molecule has 2 heterocycles. The molecule has 95 heavy (non-hydrogen) atoms. The van der Waals surface area contributed by atoms with Crippen LogP contribution in [-0.4, -0.2) is 102 Å². The Morgan fingerprint density at radius 1 is 0.495 bits per heavy atom. The number of aliphatic carboxylic acids is 3. The number of carbonyl (C=O) groups is 3. The zero-order chi connectivity index (χ0) is 69.1. The molecule has 0 aliphatic heterocycles. The van der Waals surface area contributed by atoms with E-state index in [0.717, 1.165) is 101 Å². The van der Waals surface area contributed by atoms with Crippen LogP contribution in [-0.2, 0) is 44.5 Å². The number of phenolic OH excluding ortho intramolecular Hbond substituents is 3. The predicted molar refractivity (Wildman–Crippen MR) is 346 cm³/mol. The highest BCUT2D eigenvalue weighted by Crippen LogP contribution is 2.45. The summed E-state index contributed by atoms with van der Waals surface area (Å²) in [7, 11) is -12.7. The monoisotopic (exact) mass is 1460 g/mol. The summed E-state index contributed by atoms with van der Waals surface area (Å²) < 4.78 is 181. The Kier molecular flexibility index (Phi) is 21.0. The van der Waals surface area contributed by atoms with E-state index in [1.807, 2.05) is 0 Å². The number of hydrogen-bond acceptors (Lipinski definition) is 18. The third-order valence-corrected chi connectivity index (χ3v) is 21.8. The Morgan fingerprint density at radius 2 is 0.968 bits per heavy atom. The molecule has 35 heteroatoms. The maximum absolute atomic E-state index is 13.9. The zero-order valence-corrected chi connectivity index (χ0v) is 53.6. The van der Waals surface area contributed by atoms with Crippen molar-refractivity contribution < 1.29 is 106 Å². The second kappa shape index (κ2) is 28.4. The number of aromatic hydroxyl groups is 3. The van der Waals surface area contributed by atoms with Crippen molar-refractivity contribution >= 4 is 177 Å². The van der Waals surface area contributed by atoms with Gasteiger partial charge in [0.15, 0.2) is 0 Å². The largest absolute Gasteiger partial charge is 0.573 e. The molecule has 0 fully saturated rings. The van der Waals surface area contributed by atoms with Gasteiger partial charge in [-0.15, -0.1) is 59.8 Å². The number of carboxylic acid groups (broad SMARTS) is 3. The first-order valence-electron chi connectivity index (χ1n) is 26.2. The number of benzene rings is 9. The number of nitrogens with one attached hydrogen (secondary N) is 3. The lowest BCUT2D eigenvalue weighted by Gasteiger charge is -2.15. The second-order valence-electron chi connectivity index (χ2n) is 19.5. The van der Waals surface area contributed by atoms with E-state index < -0.39 is 99.8 Å². The van der Waals surface area contributed by atoms with Crippen LogP contribution in [0.2, 0.25) is 5.02 Å². The molecule has 11 aromatic rings. The molecule has 0 aliphatic rings. The molecule has 0 amide bonds. The van der Waals surface area contributed by atoms with Crippen molar-refractivity contribution in [1.29, 1.82) is 0 Å². The topological polar surface area (TPSA) is 333 Å². The summed E-state index contributed by atoms with van der Waals surface area (Å²) >= 11 is 9.08. The maximum Gasteiger partial charge on any atom is 0.573 e. The van der Waals surface area contributed by atoms with Crippen molar-refractivity contribution in [1.82, 2.24) is 4.98 Å². The van der Waals surface area contributed by atoms with Crippen LogP contribution >= 0.6 is 58.2 Å². The molecular weight excluding hydrogens is 1430 g/mol. The number of alkyl halides is 3. The highest BCUT2D eigenvalue weighted by Gasteiger charge is 2.32. The number of nitrogens with zero attached hydrogens (tertiary/aromatic N) is 1. The normalized spacial score (nSPS) is 11.8. The van der Waals surface area contributed by atoms with Gasteiger partial charge in [-0.25, -0.2) is 42.8 Å². The number of thiophene rings is 1. The number of pyridine rings is 1. The van der Waals surface area contributed by atoms with Gasteiger partial charge in [-0.3, -0.25) is 33.5 Å². The quantitative estimate of drug-likeness (QED) is 0.0206. The number of carboxylic acids is 3. The lowest BCUT2D eigenvalue weighted by molar-refractivity contribution is -0.274. The Morgan fingerprint density at radius 3 is 1.58 bits per heavy atom. The number of sulfonamides is 3. The van der Waals surface area contributed by atoms with Gasteiger partial charge in [0, 0.05) is 42.7 Å². The highest BCUT2D eigenvalue weighted by atomic mass is 35.5. The van der Waals surface area contributed by atoms with Crippen LogP contribution in [0.15, 0.2) is 180 Å². The minimum absolute atomic E-state index is 0.0136. The summed E-state index contributed by atoms with van der Waals surface area (Å²) in [4.78, 5) is 36.2. The number of hydrogen-bond donors (Lipinski definition) is 9. The van der Waals surface area contributed by atoms with Crippen LogP contribution in [0, 0.1) is 23.3 Å². The molecule has 0 bridgehead atoms. The van der Waals surface area contributed by atoms with E-state index in [4.69, 9.17) is 26.9 Å². The lowest BCUT2D eigenvalue weighted by atomic mass is 10.1. The van der Waals surface area contributed by atoms with Crippen molar-refractivity contribution in [2.24, 2.45) is 0 Å². The molecule has 20 nitrogen and oxygen atoms in total. The SMILES string of the molecule is O=C(O)CSc1cc(NS(=O)(=O)c2cc3ccc(F)cc3s2)c2cc(F)ccc2c1O.O=C(O)CSc1cc(NS(=O)(=O)c2ccc3cc(Cl)ccc3c2)c2ncc(F)cc2c1O.O=C(O)CSc1cc(NS(=O)(=O)c2cccc(OC(F)(F)F)c2)c2ccc(F)cc2c1O. The molecule has 0 aliphatic carbocycles. The Hall–Kier alpha value is -9.16. The highest BCUT2D eigenvalue weighted by molar-refractivity contribution is 8.00. The molecule has 494 valence electrons. The lowest BCUT2D eigenvalue weighted by Crippen LogP contribution is -2.18. The van der Waals surface area contributed by atoms with Gasteiger partial charge in [0.25, 0.3) is 30.1 Å². The number of thioether (sulfide) groups is 3. The zero-order valence-electron chi connectivity index (χ0n) is 47.1. The van der Waals surface area contributed by atoms with Crippen LogP contribution in [0.1, 0.15) is 0 Å². The third-order valence-electron chi connectivity index (χ3n) is 12.9. The van der Waals surface area contributed by atoms with Crippen molar-refractivity contribution in [2.45, 2.75) is 35.0 Å². The fourth-order valence-electron chi connectivity index (χ4n) is 8.86.